The second-order valence-electron chi connectivity index (χ2n) is 4.06. The molecule has 18 heavy (non-hydrogen) atoms. The monoisotopic (exact) mass is 248 g/mol. The molecule has 0 spiro atoms. The van der Waals surface area contributed by atoms with E-state index in [1.165, 1.54) is 0 Å². The van der Waals surface area contributed by atoms with Crippen LogP contribution in [-0.4, -0.2) is 37.5 Å². The van der Waals surface area contributed by atoms with Crippen LogP contribution in [0.25, 0.3) is 0 Å². The largest absolute Gasteiger partial charge is 0.383 e. The highest BCUT2D eigenvalue weighted by molar-refractivity contribution is 5.57. The van der Waals surface area contributed by atoms with Gasteiger partial charge in [0.05, 0.1) is 12.3 Å². The van der Waals surface area contributed by atoms with E-state index in [1.54, 1.807) is 7.11 Å². The summed E-state index contributed by atoms with van der Waals surface area (Å²) >= 11 is 0. The average Bonchev–Trinajstić information content (AvgIpc) is 2.42. The number of hydrogen-bond acceptors (Lipinski definition) is 5. The Morgan fingerprint density at radius 3 is 2.50 bits per heavy atom. The fourth-order valence-electron chi connectivity index (χ4n) is 1.88. The molecule has 98 valence electrons. The number of anilines is 1. The third kappa shape index (κ3) is 2.96. The molecule has 1 rings (SSSR count). The highest BCUT2D eigenvalue weighted by Crippen LogP contribution is 2.22. The van der Waals surface area contributed by atoms with Gasteiger partial charge in [-0.15, -0.1) is 5.10 Å². The predicted octanol–water partition coefficient (Wildman–Crippen LogP) is 1.56. The first kappa shape index (κ1) is 14.4. The number of likely N-dealkylation sites (N-methyl/N-ethyl adjacent to an activating group) is 1. The maximum Gasteiger partial charge on any atom is 0.169 e. The molecule has 0 aliphatic rings. The van der Waals surface area contributed by atoms with Gasteiger partial charge in [0.2, 0.25) is 0 Å². The molecule has 5 nitrogen and oxygen atoms in total. The van der Waals surface area contributed by atoms with Gasteiger partial charge in [0.15, 0.2) is 5.82 Å². The minimum atomic E-state index is 0.597. The van der Waals surface area contributed by atoms with E-state index < -0.39 is 0 Å². The van der Waals surface area contributed by atoms with Gasteiger partial charge in [-0.3, -0.25) is 0 Å². The quantitative estimate of drug-likeness (QED) is 0.764. The summed E-state index contributed by atoms with van der Waals surface area (Å²) in [7, 11) is 3.55. The van der Waals surface area contributed by atoms with Crippen molar-refractivity contribution in [3.8, 4) is 6.07 Å². The molecule has 0 aromatic carbocycles. The third-order valence-electron chi connectivity index (χ3n) is 2.93. The lowest BCUT2D eigenvalue weighted by molar-refractivity contribution is 0.206. The molecule has 5 heteroatoms. The van der Waals surface area contributed by atoms with Crippen molar-refractivity contribution in [1.82, 2.24) is 10.2 Å². The van der Waals surface area contributed by atoms with Crippen molar-refractivity contribution in [2.45, 2.75) is 26.7 Å². The average molecular weight is 248 g/mol. The first-order valence-corrected chi connectivity index (χ1v) is 6.18. The zero-order valence-corrected chi connectivity index (χ0v) is 11.5. The zero-order chi connectivity index (χ0) is 13.5. The van der Waals surface area contributed by atoms with Crippen molar-refractivity contribution < 1.29 is 4.74 Å². The number of hydrogen-bond donors (Lipinski definition) is 0. The van der Waals surface area contributed by atoms with Gasteiger partial charge in [-0.2, -0.15) is 10.4 Å². The highest BCUT2D eigenvalue weighted by Gasteiger charge is 2.16. The molecule has 0 bridgehead atoms. The lowest BCUT2D eigenvalue weighted by Crippen LogP contribution is -2.25. The summed E-state index contributed by atoms with van der Waals surface area (Å²) in [5.74, 6) is 0.642. The second-order valence-corrected chi connectivity index (χ2v) is 4.06. The zero-order valence-electron chi connectivity index (χ0n) is 11.5. The Balaban J connectivity index is 3.17. The molecule has 1 heterocycles. The fraction of sp³-hybridized carbons (Fsp3) is 0.615. The first-order valence-electron chi connectivity index (χ1n) is 6.18. The third-order valence-corrected chi connectivity index (χ3v) is 2.93. The van der Waals surface area contributed by atoms with Crippen molar-refractivity contribution in [1.29, 1.82) is 5.26 Å². The van der Waals surface area contributed by atoms with Crippen LogP contribution in [0.4, 0.5) is 5.82 Å². The molecule has 0 saturated heterocycles. The van der Waals surface area contributed by atoms with Crippen LogP contribution in [0.2, 0.25) is 0 Å². The summed E-state index contributed by atoms with van der Waals surface area (Å²) in [5, 5.41) is 17.8. The second kappa shape index (κ2) is 6.92. The molecular weight excluding hydrogens is 228 g/mol. The van der Waals surface area contributed by atoms with Crippen LogP contribution < -0.4 is 4.90 Å². The molecule has 0 N–H and O–H groups in total. The van der Waals surface area contributed by atoms with Crippen LogP contribution in [0.5, 0.6) is 0 Å². The van der Waals surface area contributed by atoms with Crippen LogP contribution in [0.3, 0.4) is 0 Å². The Morgan fingerprint density at radius 2 is 2.00 bits per heavy atom. The van der Waals surface area contributed by atoms with Crippen LogP contribution in [0.1, 0.15) is 30.7 Å². The fourth-order valence-corrected chi connectivity index (χ4v) is 1.88. The standard InChI is InChI=1S/C13H20N4O/c1-5-10-11(9-14)13(16-15-12(10)6-2)17(3)7-8-18-4/h5-8H2,1-4H3. The topological polar surface area (TPSA) is 62.0 Å². The molecule has 0 unspecified atom stereocenters. The Morgan fingerprint density at radius 1 is 1.28 bits per heavy atom. The molecule has 0 atom stereocenters. The van der Waals surface area contributed by atoms with Gasteiger partial charge in [0.1, 0.15) is 11.6 Å². The lowest BCUT2D eigenvalue weighted by Gasteiger charge is -2.20. The molecule has 1 aromatic rings. The van der Waals surface area contributed by atoms with Gasteiger partial charge in [-0.05, 0) is 18.4 Å². The van der Waals surface area contributed by atoms with E-state index in [9.17, 15) is 5.26 Å². The summed E-state index contributed by atoms with van der Waals surface area (Å²) in [6, 6.07) is 2.26. The van der Waals surface area contributed by atoms with E-state index in [-0.39, 0.29) is 0 Å². The Labute approximate surface area is 108 Å². The van der Waals surface area contributed by atoms with Crippen LogP contribution >= 0.6 is 0 Å². The smallest absolute Gasteiger partial charge is 0.169 e. The number of rotatable bonds is 6. The van der Waals surface area contributed by atoms with Crippen molar-refractivity contribution in [3.63, 3.8) is 0 Å². The minimum Gasteiger partial charge on any atom is -0.383 e. The number of ether oxygens (including phenoxy) is 1. The molecule has 0 fully saturated rings. The summed E-state index contributed by atoms with van der Waals surface area (Å²) in [4.78, 5) is 1.91. The van der Waals surface area contributed by atoms with Crippen LogP contribution in [-0.2, 0) is 17.6 Å². The van der Waals surface area contributed by atoms with Gasteiger partial charge < -0.3 is 9.64 Å². The molecule has 1 aromatic heterocycles. The first-order chi connectivity index (χ1) is 8.69. The van der Waals surface area contributed by atoms with Gasteiger partial charge in [0.25, 0.3) is 0 Å². The number of aromatic nitrogens is 2. The van der Waals surface area contributed by atoms with Crippen molar-refractivity contribution in [2.75, 3.05) is 32.2 Å². The van der Waals surface area contributed by atoms with E-state index in [0.29, 0.717) is 24.5 Å². The molecule has 0 saturated carbocycles. The van der Waals surface area contributed by atoms with E-state index in [0.717, 1.165) is 24.1 Å². The molecule has 0 radical (unpaired) electrons. The van der Waals surface area contributed by atoms with Gasteiger partial charge in [-0.25, -0.2) is 0 Å². The summed E-state index contributed by atoms with van der Waals surface area (Å²) in [5.41, 5.74) is 2.56. The number of methoxy groups -OCH3 is 1. The van der Waals surface area contributed by atoms with Crippen molar-refractivity contribution >= 4 is 5.82 Å². The van der Waals surface area contributed by atoms with E-state index in [4.69, 9.17) is 4.74 Å². The SMILES string of the molecule is CCc1nnc(N(C)CCOC)c(C#N)c1CC. The molecule has 0 aliphatic heterocycles. The van der Waals surface area contributed by atoms with Crippen molar-refractivity contribution in [2.24, 2.45) is 0 Å². The van der Waals surface area contributed by atoms with Crippen LogP contribution in [0.15, 0.2) is 0 Å². The van der Waals surface area contributed by atoms with Crippen molar-refractivity contribution in [3.05, 3.63) is 16.8 Å². The van der Waals surface area contributed by atoms with Gasteiger partial charge in [0, 0.05) is 20.7 Å². The summed E-state index contributed by atoms with van der Waals surface area (Å²) in [6.07, 6.45) is 1.60. The molecular formula is C13H20N4O. The predicted molar refractivity (Wildman–Crippen MR) is 70.6 cm³/mol. The number of aryl methyl sites for hydroxylation is 1. The van der Waals surface area contributed by atoms with E-state index >= 15 is 0 Å². The van der Waals surface area contributed by atoms with E-state index in [2.05, 4.69) is 16.3 Å². The lowest BCUT2D eigenvalue weighted by atomic mass is 10.0. The summed E-state index contributed by atoms with van der Waals surface area (Å²) in [6.45, 7) is 5.35. The number of nitrogens with zero attached hydrogens (tertiary/aromatic N) is 4. The molecule has 0 aliphatic carbocycles. The number of nitriles is 1. The van der Waals surface area contributed by atoms with Crippen LogP contribution in [0, 0.1) is 11.3 Å². The van der Waals surface area contributed by atoms with Gasteiger partial charge >= 0.3 is 0 Å². The maximum atomic E-state index is 9.35. The molecule has 0 amide bonds. The summed E-state index contributed by atoms with van der Waals surface area (Å²) < 4.78 is 5.04. The Hall–Kier alpha value is -1.67. The maximum absolute atomic E-state index is 9.35. The van der Waals surface area contributed by atoms with E-state index in [1.807, 2.05) is 25.8 Å². The highest BCUT2D eigenvalue weighted by atomic mass is 16.5. The normalized spacial score (nSPS) is 10.2. The van der Waals surface area contributed by atoms with Gasteiger partial charge in [-0.1, -0.05) is 13.8 Å². The Kier molecular flexibility index (Phi) is 5.53. The minimum absolute atomic E-state index is 0.597. The Bertz CT molecular complexity index is 439.